The average molecular weight is 402 g/mol. The molecule has 0 aliphatic rings. The van der Waals surface area contributed by atoms with Crippen LogP contribution in [0, 0.1) is 13.8 Å². The Morgan fingerprint density at radius 2 is 1.81 bits per heavy atom. The van der Waals surface area contributed by atoms with Gasteiger partial charge < -0.3 is 4.74 Å². The first-order valence-electron chi connectivity index (χ1n) is 8.60. The second kappa shape index (κ2) is 8.50. The molecule has 0 spiro atoms. The topological polar surface area (TPSA) is 64.1 Å². The lowest BCUT2D eigenvalue weighted by atomic mass is 10.1. The van der Waals surface area contributed by atoms with Crippen LogP contribution in [0.5, 0.6) is 5.75 Å². The van der Waals surface area contributed by atoms with E-state index in [2.05, 4.69) is 21.6 Å². The number of aromatic nitrogens is 2. The van der Waals surface area contributed by atoms with Crippen molar-refractivity contribution in [3.63, 3.8) is 0 Å². The van der Waals surface area contributed by atoms with Crippen molar-refractivity contribution in [1.29, 1.82) is 0 Å². The van der Waals surface area contributed by atoms with E-state index < -0.39 is 6.10 Å². The first kappa shape index (κ1) is 19.3. The van der Waals surface area contributed by atoms with E-state index >= 15 is 0 Å². The first-order valence-corrected chi connectivity index (χ1v) is 9.79. The molecule has 5 nitrogen and oxygen atoms in total. The lowest BCUT2D eigenvalue weighted by Crippen LogP contribution is -2.32. The van der Waals surface area contributed by atoms with Crippen molar-refractivity contribution in [3.8, 4) is 16.3 Å². The number of anilines is 1. The molecule has 0 saturated carbocycles. The third-order valence-corrected chi connectivity index (χ3v) is 5.02. The zero-order valence-electron chi connectivity index (χ0n) is 15.3. The number of ether oxygens (including phenoxy) is 1. The van der Waals surface area contributed by atoms with E-state index in [1.807, 2.05) is 45.0 Å². The predicted octanol–water partition coefficient (Wildman–Crippen LogP) is 5.27. The zero-order valence-corrected chi connectivity index (χ0v) is 16.9. The number of carbonyl (C=O) groups is 1. The van der Waals surface area contributed by atoms with Crippen molar-refractivity contribution < 1.29 is 9.53 Å². The number of benzene rings is 2. The zero-order chi connectivity index (χ0) is 19.4. The fourth-order valence-corrected chi connectivity index (χ4v) is 3.53. The monoisotopic (exact) mass is 401 g/mol. The van der Waals surface area contributed by atoms with Crippen LogP contribution < -0.4 is 10.1 Å². The molecule has 7 heteroatoms. The molecular formula is C20H20ClN3O2S. The first-order chi connectivity index (χ1) is 12.9. The number of aryl methyl sites for hydroxylation is 2. The molecule has 0 saturated heterocycles. The Bertz CT molecular complexity index is 920. The number of nitrogens with one attached hydrogen (secondary N) is 1. The molecule has 3 aromatic rings. The van der Waals surface area contributed by atoms with Crippen molar-refractivity contribution in [1.82, 2.24) is 10.2 Å². The van der Waals surface area contributed by atoms with Gasteiger partial charge in [0.15, 0.2) is 6.10 Å². The van der Waals surface area contributed by atoms with E-state index in [1.54, 1.807) is 12.1 Å². The third-order valence-electron chi connectivity index (χ3n) is 3.88. The fraction of sp³-hybridized carbons (Fsp3) is 0.250. The molecule has 1 aromatic heterocycles. The van der Waals surface area contributed by atoms with Gasteiger partial charge in [0, 0.05) is 10.6 Å². The Balaban J connectivity index is 1.69. The molecule has 0 radical (unpaired) electrons. The van der Waals surface area contributed by atoms with Crippen LogP contribution in [0.25, 0.3) is 10.6 Å². The summed E-state index contributed by atoms with van der Waals surface area (Å²) < 4.78 is 5.89. The average Bonchev–Trinajstić information content (AvgIpc) is 3.07. The smallest absolute Gasteiger partial charge is 0.267 e. The van der Waals surface area contributed by atoms with Crippen LogP contribution in [0.3, 0.4) is 0 Å². The van der Waals surface area contributed by atoms with Crippen molar-refractivity contribution in [3.05, 3.63) is 58.6 Å². The Morgan fingerprint density at radius 3 is 2.44 bits per heavy atom. The summed E-state index contributed by atoms with van der Waals surface area (Å²) in [6, 6.07) is 13.2. The van der Waals surface area contributed by atoms with Gasteiger partial charge in [-0.15, -0.1) is 10.2 Å². The third kappa shape index (κ3) is 5.05. The van der Waals surface area contributed by atoms with Gasteiger partial charge in [0.1, 0.15) is 10.8 Å². The molecule has 1 heterocycles. The Morgan fingerprint density at radius 1 is 1.15 bits per heavy atom. The molecule has 1 N–H and O–H groups in total. The number of carbonyl (C=O) groups excluding carboxylic acids is 1. The van der Waals surface area contributed by atoms with Gasteiger partial charge in [-0.05, 0) is 55.7 Å². The summed E-state index contributed by atoms with van der Waals surface area (Å²) in [5.74, 6) is 0.448. The number of nitrogens with zero attached hydrogens (tertiary/aromatic N) is 2. The number of halogens is 1. The fourth-order valence-electron chi connectivity index (χ4n) is 2.66. The van der Waals surface area contributed by atoms with E-state index in [0.29, 0.717) is 27.3 Å². The summed E-state index contributed by atoms with van der Waals surface area (Å²) in [6.07, 6.45) is -0.0594. The second-order valence-electron chi connectivity index (χ2n) is 6.25. The van der Waals surface area contributed by atoms with Gasteiger partial charge in [0.2, 0.25) is 5.13 Å². The van der Waals surface area contributed by atoms with E-state index in [-0.39, 0.29) is 5.91 Å². The minimum atomic E-state index is -0.603. The number of hydrogen-bond donors (Lipinski definition) is 1. The van der Waals surface area contributed by atoms with Gasteiger partial charge in [0.25, 0.3) is 5.91 Å². The van der Waals surface area contributed by atoms with E-state index in [0.717, 1.165) is 16.7 Å². The molecule has 3 rings (SSSR count). The van der Waals surface area contributed by atoms with Gasteiger partial charge in [0.05, 0.1) is 0 Å². The highest BCUT2D eigenvalue weighted by molar-refractivity contribution is 7.18. The van der Waals surface area contributed by atoms with Gasteiger partial charge in [-0.1, -0.05) is 48.1 Å². The SMILES string of the molecule is CC[C@H](Oc1cc(C)cc(C)c1)C(=O)Nc1nnc(-c2ccc(Cl)cc2)s1. The summed E-state index contributed by atoms with van der Waals surface area (Å²) in [7, 11) is 0. The maximum absolute atomic E-state index is 12.6. The molecule has 140 valence electrons. The molecular weight excluding hydrogens is 382 g/mol. The van der Waals surface area contributed by atoms with Gasteiger partial charge in [-0.2, -0.15) is 0 Å². The highest BCUT2D eigenvalue weighted by atomic mass is 35.5. The van der Waals surface area contributed by atoms with Crippen LogP contribution in [-0.2, 0) is 4.79 Å². The quantitative estimate of drug-likeness (QED) is 0.611. The van der Waals surface area contributed by atoms with Crippen molar-refractivity contribution >= 4 is 34.0 Å². The van der Waals surface area contributed by atoms with Crippen LogP contribution in [-0.4, -0.2) is 22.2 Å². The summed E-state index contributed by atoms with van der Waals surface area (Å²) in [4.78, 5) is 12.6. The van der Waals surface area contributed by atoms with Crippen molar-refractivity contribution in [2.24, 2.45) is 0 Å². The molecule has 27 heavy (non-hydrogen) atoms. The van der Waals surface area contributed by atoms with Gasteiger partial charge in [-0.3, -0.25) is 10.1 Å². The summed E-state index contributed by atoms with van der Waals surface area (Å²) in [6.45, 7) is 5.91. The van der Waals surface area contributed by atoms with Crippen molar-refractivity contribution in [2.45, 2.75) is 33.3 Å². The van der Waals surface area contributed by atoms with Crippen LogP contribution >= 0.6 is 22.9 Å². The maximum atomic E-state index is 12.6. The Labute approximate surface area is 167 Å². The summed E-state index contributed by atoms with van der Waals surface area (Å²) >= 11 is 7.21. The van der Waals surface area contributed by atoms with Crippen LogP contribution in [0.15, 0.2) is 42.5 Å². The Hall–Kier alpha value is -2.44. The van der Waals surface area contributed by atoms with E-state index in [1.165, 1.54) is 11.3 Å². The summed E-state index contributed by atoms with van der Waals surface area (Å²) in [5, 5.41) is 12.8. The predicted molar refractivity (Wildman–Crippen MR) is 110 cm³/mol. The number of hydrogen-bond acceptors (Lipinski definition) is 5. The minimum absolute atomic E-state index is 0.240. The molecule has 0 bridgehead atoms. The van der Waals surface area contributed by atoms with E-state index in [4.69, 9.17) is 16.3 Å². The van der Waals surface area contributed by atoms with Gasteiger partial charge in [-0.25, -0.2) is 0 Å². The molecule has 0 aliphatic carbocycles. The number of rotatable bonds is 6. The normalized spacial score (nSPS) is 11.9. The van der Waals surface area contributed by atoms with Crippen LogP contribution in [0.4, 0.5) is 5.13 Å². The Kier molecular flexibility index (Phi) is 6.08. The molecule has 0 unspecified atom stereocenters. The highest BCUT2D eigenvalue weighted by Crippen LogP contribution is 2.27. The largest absolute Gasteiger partial charge is 0.481 e. The second-order valence-corrected chi connectivity index (χ2v) is 7.66. The minimum Gasteiger partial charge on any atom is -0.481 e. The number of amides is 1. The molecule has 1 amide bonds. The molecule has 0 aliphatic heterocycles. The highest BCUT2D eigenvalue weighted by Gasteiger charge is 2.20. The molecule has 2 aromatic carbocycles. The van der Waals surface area contributed by atoms with Crippen molar-refractivity contribution in [2.75, 3.05) is 5.32 Å². The maximum Gasteiger partial charge on any atom is 0.267 e. The lowest BCUT2D eigenvalue weighted by molar-refractivity contribution is -0.122. The standard InChI is InChI=1S/C20H20ClN3O2S/c1-4-17(26-16-10-12(2)9-13(3)11-16)18(25)22-20-24-23-19(27-20)14-5-7-15(21)8-6-14/h5-11,17H,4H2,1-3H3,(H,22,24,25)/t17-/m0/s1. The van der Waals surface area contributed by atoms with E-state index in [9.17, 15) is 4.79 Å². The van der Waals surface area contributed by atoms with Crippen LogP contribution in [0.2, 0.25) is 5.02 Å². The summed E-state index contributed by atoms with van der Waals surface area (Å²) in [5.41, 5.74) is 3.09. The lowest BCUT2D eigenvalue weighted by Gasteiger charge is -2.17. The molecule has 0 fully saturated rings. The molecule has 1 atom stereocenters. The van der Waals surface area contributed by atoms with Gasteiger partial charge >= 0.3 is 0 Å². The van der Waals surface area contributed by atoms with Crippen LogP contribution in [0.1, 0.15) is 24.5 Å².